The number of nitrogens with zero attached hydrogens (tertiary/aromatic N) is 1. The molecule has 5 heteroatoms. The monoisotopic (exact) mass is 323 g/mol. The summed E-state index contributed by atoms with van der Waals surface area (Å²) in [5.41, 5.74) is -0.676. The lowest BCUT2D eigenvalue weighted by Gasteiger charge is -2.10. The van der Waals surface area contributed by atoms with Gasteiger partial charge in [-0.2, -0.15) is 13.2 Å². The number of hydrogen-bond donors (Lipinski definition) is 0. The highest BCUT2D eigenvalue weighted by Gasteiger charge is 2.33. The molecular formula is C10H5F3IN. The van der Waals surface area contributed by atoms with Crippen molar-refractivity contribution in [3.63, 3.8) is 0 Å². The zero-order chi connectivity index (χ0) is 11.1. The first kappa shape index (κ1) is 10.7. The van der Waals surface area contributed by atoms with Crippen LogP contribution >= 0.6 is 22.6 Å². The number of pyridine rings is 1. The summed E-state index contributed by atoms with van der Waals surface area (Å²) in [5.74, 6) is 0. The Morgan fingerprint density at radius 3 is 2.53 bits per heavy atom. The molecule has 2 aromatic rings. The van der Waals surface area contributed by atoms with E-state index in [1.54, 1.807) is 18.2 Å². The Balaban J connectivity index is 2.86. The minimum Gasteiger partial charge on any atom is -0.263 e. The summed E-state index contributed by atoms with van der Waals surface area (Å²) in [5, 5.41) is 0.734. The lowest BCUT2D eigenvalue weighted by molar-refractivity contribution is -0.136. The first-order valence-electron chi connectivity index (χ1n) is 4.09. The summed E-state index contributed by atoms with van der Waals surface area (Å²) in [6.45, 7) is 0. The smallest absolute Gasteiger partial charge is 0.263 e. The van der Waals surface area contributed by atoms with Crippen LogP contribution < -0.4 is 0 Å². The summed E-state index contributed by atoms with van der Waals surface area (Å²) in [7, 11) is 0. The predicted octanol–water partition coefficient (Wildman–Crippen LogP) is 3.86. The van der Waals surface area contributed by atoms with Gasteiger partial charge < -0.3 is 0 Å². The molecule has 0 unspecified atom stereocenters. The molecule has 0 aliphatic heterocycles. The van der Waals surface area contributed by atoms with Crippen LogP contribution in [0.1, 0.15) is 5.56 Å². The maximum absolute atomic E-state index is 12.7. The highest BCUT2D eigenvalue weighted by Crippen LogP contribution is 2.35. The maximum Gasteiger partial charge on any atom is 0.418 e. The quantitative estimate of drug-likeness (QED) is 0.671. The molecule has 0 amide bonds. The van der Waals surface area contributed by atoms with Crippen molar-refractivity contribution in [2.24, 2.45) is 0 Å². The van der Waals surface area contributed by atoms with Gasteiger partial charge in [0.2, 0.25) is 0 Å². The van der Waals surface area contributed by atoms with Gasteiger partial charge in [-0.3, -0.25) is 4.98 Å². The molecule has 1 aromatic carbocycles. The zero-order valence-electron chi connectivity index (χ0n) is 7.35. The van der Waals surface area contributed by atoms with Crippen molar-refractivity contribution in [3.05, 3.63) is 39.7 Å². The van der Waals surface area contributed by atoms with Crippen LogP contribution in [0, 0.1) is 3.57 Å². The first-order chi connectivity index (χ1) is 7.00. The molecule has 1 nitrogen and oxygen atoms in total. The number of alkyl halides is 3. The van der Waals surface area contributed by atoms with Crippen molar-refractivity contribution < 1.29 is 13.2 Å². The van der Waals surface area contributed by atoms with E-state index in [0.717, 1.165) is 6.20 Å². The molecule has 1 heterocycles. The van der Waals surface area contributed by atoms with Gasteiger partial charge in [0.05, 0.1) is 5.56 Å². The maximum atomic E-state index is 12.7. The van der Waals surface area contributed by atoms with Crippen LogP contribution in [0.15, 0.2) is 30.6 Å². The fraction of sp³-hybridized carbons (Fsp3) is 0.100. The van der Waals surface area contributed by atoms with E-state index < -0.39 is 11.7 Å². The molecule has 15 heavy (non-hydrogen) atoms. The second-order valence-electron chi connectivity index (χ2n) is 3.02. The Morgan fingerprint density at radius 2 is 1.87 bits per heavy atom. The normalized spacial score (nSPS) is 12.0. The van der Waals surface area contributed by atoms with Crippen molar-refractivity contribution in [3.8, 4) is 0 Å². The standard InChI is InChI=1S/C10H5F3IN/c11-10(12,13)7-5-15-4-6-2-1-3-8(14)9(6)7/h1-5H. The van der Waals surface area contributed by atoms with Crippen LogP contribution in [0.2, 0.25) is 0 Å². The topological polar surface area (TPSA) is 12.9 Å². The Hall–Kier alpha value is -0.850. The van der Waals surface area contributed by atoms with E-state index in [9.17, 15) is 13.2 Å². The second-order valence-corrected chi connectivity index (χ2v) is 4.18. The van der Waals surface area contributed by atoms with E-state index in [4.69, 9.17) is 0 Å². The average Bonchev–Trinajstić information content (AvgIpc) is 2.16. The second kappa shape index (κ2) is 3.62. The van der Waals surface area contributed by atoms with Gasteiger partial charge in [0.1, 0.15) is 0 Å². The highest BCUT2D eigenvalue weighted by atomic mass is 127. The number of hydrogen-bond acceptors (Lipinski definition) is 1. The summed E-state index contributed by atoms with van der Waals surface area (Å²) in [4.78, 5) is 3.60. The van der Waals surface area contributed by atoms with E-state index in [2.05, 4.69) is 4.98 Å². The van der Waals surface area contributed by atoms with Crippen LogP contribution in [0.5, 0.6) is 0 Å². The summed E-state index contributed by atoms with van der Waals surface area (Å²) in [6.07, 6.45) is -2.05. The number of aromatic nitrogens is 1. The van der Waals surface area contributed by atoms with Gasteiger partial charge in [-0.15, -0.1) is 0 Å². The molecule has 2 rings (SSSR count). The predicted molar refractivity (Wildman–Crippen MR) is 59.5 cm³/mol. The van der Waals surface area contributed by atoms with E-state index in [1.165, 1.54) is 6.20 Å². The van der Waals surface area contributed by atoms with Crippen LogP contribution in [0.3, 0.4) is 0 Å². The Bertz CT molecular complexity index is 502. The summed E-state index contributed by atoms with van der Waals surface area (Å²) >= 11 is 1.90. The molecule has 0 spiro atoms. The van der Waals surface area contributed by atoms with Gasteiger partial charge >= 0.3 is 6.18 Å². The average molecular weight is 323 g/mol. The van der Waals surface area contributed by atoms with Crippen molar-refractivity contribution in [1.29, 1.82) is 0 Å². The van der Waals surface area contributed by atoms with Crippen molar-refractivity contribution >= 4 is 33.4 Å². The Labute approximate surface area is 97.5 Å². The van der Waals surface area contributed by atoms with Crippen molar-refractivity contribution in [1.82, 2.24) is 4.98 Å². The minimum atomic E-state index is -4.35. The lowest BCUT2D eigenvalue weighted by Crippen LogP contribution is -2.07. The zero-order valence-corrected chi connectivity index (χ0v) is 9.50. The highest BCUT2D eigenvalue weighted by molar-refractivity contribution is 14.1. The number of benzene rings is 1. The Morgan fingerprint density at radius 1 is 1.13 bits per heavy atom. The molecule has 78 valence electrons. The third-order valence-electron chi connectivity index (χ3n) is 2.04. The van der Waals surface area contributed by atoms with Gasteiger partial charge in [0.25, 0.3) is 0 Å². The third kappa shape index (κ3) is 1.92. The van der Waals surface area contributed by atoms with E-state index in [-0.39, 0.29) is 5.39 Å². The van der Waals surface area contributed by atoms with E-state index in [1.807, 2.05) is 22.6 Å². The van der Waals surface area contributed by atoms with Gasteiger partial charge in [-0.1, -0.05) is 12.1 Å². The lowest BCUT2D eigenvalue weighted by atomic mass is 10.1. The molecule has 0 fully saturated rings. The molecule has 0 bridgehead atoms. The molecular weight excluding hydrogens is 318 g/mol. The fourth-order valence-corrected chi connectivity index (χ4v) is 2.21. The SMILES string of the molecule is FC(F)(F)c1cncc2cccc(I)c12. The summed E-state index contributed by atoms with van der Waals surface area (Å²) in [6, 6.07) is 4.99. The number of halogens is 4. The van der Waals surface area contributed by atoms with Gasteiger partial charge in [0, 0.05) is 26.7 Å². The van der Waals surface area contributed by atoms with Gasteiger partial charge in [-0.25, -0.2) is 0 Å². The fourth-order valence-electron chi connectivity index (χ4n) is 1.40. The Kier molecular flexibility index (Phi) is 2.57. The van der Waals surface area contributed by atoms with Crippen molar-refractivity contribution in [2.45, 2.75) is 6.18 Å². The third-order valence-corrected chi connectivity index (χ3v) is 2.94. The van der Waals surface area contributed by atoms with Gasteiger partial charge in [0.15, 0.2) is 0 Å². The van der Waals surface area contributed by atoms with Crippen LogP contribution in [0.4, 0.5) is 13.2 Å². The number of rotatable bonds is 0. The molecule has 0 aliphatic carbocycles. The number of fused-ring (bicyclic) bond motifs is 1. The van der Waals surface area contributed by atoms with Crippen LogP contribution in [0.25, 0.3) is 10.8 Å². The van der Waals surface area contributed by atoms with Crippen LogP contribution in [-0.4, -0.2) is 4.98 Å². The molecule has 1 aromatic heterocycles. The molecule has 0 saturated carbocycles. The first-order valence-corrected chi connectivity index (χ1v) is 5.17. The molecule has 0 aliphatic rings. The minimum absolute atomic E-state index is 0.223. The van der Waals surface area contributed by atoms with E-state index >= 15 is 0 Å². The molecule has 0 saturated heterocycles. The molecule has 0 N–H and O–H groups in total. The van der Waals surface area contributed by atoms with Gasteiger partial charge in [-0.05, 0) is 28.7 Å². The van der Waals surface area contributed by atoms with Crippen LogP contribution in [-0.2, 0) is 6.18 Å². The molecule has 0 atom stereocenters. The molecule has 0 radical (unpaired) electrons. The van der Waals surface area contributed by atoms with Crippen molar-refractivity contribution in [2.75, 3.05) is 0 Å². The van der Waals surface area contributed by atoms with E-state index in [0.29, 0.717) is 8.96 Å². The summed E-state index contributed by atoms with van der Waals surface area (Å²) < 4.78 is 38.5. The largest absolute Gasteiger partial charge is 0.418 e.